The van der Waals surface area contributed by atoms with E-state index in [1.54, 1.807) is 0 Å². The molecule has 1 aliphatic carbocycles. The van der Waals surface area contributed by atoms with E-state index in [0.29, 0.717) is 12.3 Å². The number of amides is 1. The Morgan fingerprint density at radius 3 is 3.12 bits per heavy atom. The fraction of sp³-hybridized carbons (Fsp3) is 0.722. The topological polar surface area (TPSA) is 71.1 Å². The number of nitrogens with zero attached hydrogens (tertiary/aromatic N) is 3. The maximum atomic E-state index is 12.6. The van der Waals surface area contributed by atoms with Crippen LogP contribution in [0, 0.1) is 12.8 Å². The lowest BCUT2D eigenvalue weighted by atomic mass is 9.91. The first kappa shape index (κ1) is 15.8. The van der Waals surface area contributed by atoms with Gasteiger partial charge in [0.15, 0.2) is 5.82 Å². The van der Waals surface area contributed by atoms with E-state index in [1.807, 2.05) is 11.8 Å². The van der Waals surface area contributed by atoms with Crippen molar-refractivity contribution in [2.75, 3.05) is 13.1 Å². The first-order valence-electron chi connectivity index (χ1n) is 9.19. The number of hydrogen-bond donors (Lipinski definition) is 1. The number of nitrogens with one attached hydrogen (secondary N) is 1. The van der Waals surface area contributed by atoms with Crippen molar-refractivity contribution in [2.45, 2.75) is 64.1 Å². The van der Waals surface area contributed by atoms with Crippen molar-refractivity contribution in [3.05, 3.63) is 23.3 Å². The first-order chi connectivity index (χ1) is 11.7. The highest BCUT2D eigenvalue weighted by atomic mass is 16.5. The van der Waals surface area contributed by atoms with Crippen LogP contribution in [0.4, 0.5) is 0 Å². The molecule has 4 rings (SSSR count). The van der Waals surface area contributed by atoms with Gasteiger partial charge in [-0.1, -0.05) is 11.6 Å². The Morgan fingerprint density at radius 2 is 2.38 bits per heavy atom. The first-order valence-corrected chi connectivity index (χ1v) is 9.19. The van der Waals surface area contributed by atoms with Crippen LogP contribution in [0.2, 0.25) is 0 Å². The van der Waals surface area contributed by atoms with Crippen LogP contribution in [0.3, 0.4) is 0 Å². The van der Waals surface area contributed by atoms with Crippen LogP contribution in [0.1, 0.15) is 62.7 Å². The molecule has 6 heteroatoms. The SMILES string of the molecule is Cc1nc([C@@H]2C[C@H]3CCN(C(=O)CC4=CCCCC4)C[C@@H]3O2)n[nH]1. The number of carbonyl (C=O) groups excluding carboxylic acids is 1. The molecule has 3 heterocycles. The summed E-state index contributed by atoms with van der Waals surface area (Å²) in [4.78, 5) is 19.0. The maximum Gasteiger partial charge on any atom is 0.226 e. The second-order valence-electron chi connectivity index (χ2n) is 7.35. The smallest absolute Gasteiger partial charge is 0.226 e. The van der Waals surface area contributed by atoms with Crippen LogP contribution >= 0.6 is 0 Å². The summed E-state index contributed by atoms with van der Waals surface area (Å²) >= 11 is 0. The number of aromatic nitrogens is 3. The van der Waals surface area contributed by atoms with Crippen molar-refractivity contribution < 1.29 is 9.53 Å². The van der Waals surface area contributed by atoms with Gasteiger partial charge in [0.25, 0.3) is 0 Å². The number of carbonyl (C=O) groups is 1. The number of aryl methyl sites for hydroxylation is 1. The summed E-state index contributed by atoms with van der Waals surface area (Å²) in [6.07, 6.45) is 9.68. The van der Waals surface area contributed by atoms with Crippen LogP contribution in [-0.2, 0) is 9.53 Å². The molecule has 2 fully saturated rings. The standard InChI is InChI=1S/C18H26N4O2/c1-12-19-18(21-20-12)15-10-14-7-8-22(11-16(14)24-15)17(23)9-13-5-3-2-4-6-13/h5,14-16H,2-4,6-11H2,1H3,(H,19,20,21)/t14-,15+,16+/m1/s1. The molecule has 130 valence electrons. The number of H-pyrrole nitrogens is 1. The Morgan fingerprint density at radius 1 is 1.46 bits per heavy atom. The van der Waals surface area contributed by atoms with Crippen molar-refractivity contribution in [1.82, 2.24) is 20.1 Å². The number of rotatable bonds is 3. The Bertz CT molecular complexity index is 639. The monoisotopic (exact) mass is 330 g/mol. The maximum absolute atomic E-state index is 12.6. The van der Waals surface area contributed by atoms with E-state index in [4.69, 9.17) is 4.74 Å². The van der Waals surface area contributed by atoms with E-state index in [2.05, 4.69) is 21.3 Å². The zero-order valence-electron chi connectivity index (χ0n) is 14.3. The highest BCUT2D eigenvalue weighted by Crippen LogP contribution is 2.40. The van der Waals surface area contributed by atoms with Crippen LogP contribution in [0.25, 0.3) is 0 Å². The molecular formula is C18H26N4O2. The van der Waals surface area contributed by atoms with Crippen molar-refractivity contribution in [1.29, 1.82) is 0 Å². The van der Waals surface area contributed by atoms with E-state index >= 15 is 0 Å². The number of allylic oxidation sites excluding steroid dienone is 1. The molecule has 24 heavy (non-hydrogen) atoms. The molecule has 0 aromatic carbocycles. The minimum atomic E-state index is -0.0268. The van der Waals surface area contributed by atoms with E-state index in [9.17, 15) is 4.79 Å². The third-order valence-corrected chi connectivity index (χ3v) is 5.57. The van der Waals surface area contributed by atoms with Crippen LogP contribution in [-0.4, -0.2) is 45.2 Å². The van der Waals surface area contributed by atoms with Gasteiger partial charge in [-0.25, -0.2) is 4.98 Å². The third kappa shape index (κ3) is 3.24. The van der Waals surface area contributed by atoms with Gasteiger partial charge in [0.2, 0.25) is 5.91 Å². The Balaban J connectivity index is 1.35. The molecule has 0 spiro atoms. The van der Waals surface area contributed by atoms with Gasteiger partial charge in [-0.3, -0.25) is 9.89 Å². The summed E-state index contributed by atoms with van der Waals surface area (Å²) in [5, 5.41) is 7.13. The lowest BCUT2D eigenvalue weighted by Gasteiger charge is -2.34. The molecule has 0 saturated carbocycles. The molecule has 1 aromatic heterocycles. The van der Waals surface area contributed by atoms with E-state index in [-0.39, 0.29) is 18.1 Å². The molecular weight excluding hydrogens is 304 g/mol. The number of likely N-dealkylation sites (tertiary alicyclic amines) is 1. The Labute approximate surface area is 142 Å². The number of aromatic amines is 1. The van der Waals surface area contributed by atoms with Crippen molar-refractivity contribution in [3.63, 3.8) is 0 Å². The summed E-state index contributed by atoms with van der Waals surface area (Å²) in [5.41, 5.74) is 1.33. The summed E-state index contributed by atoms with van der Waals surface area (Å²) < 4.78 is 6.18. The third-order valence-electron chi connectivity index (χ3n) is 5.57. The van der Waals surface area contributed by atoms with Gasteiger partial charge < -0.3 is 9.64 Å². The highest BCUT2D eigenvalue weighted by molar-refractivity contribution is 5.79. The molecule has 2 saturated heterocycles. The predicted molar refractivity (Wildman–Crippen MR) is 89.2 cm³/mol. The van der Waals surface area contributed by atoms with E-state index in [1.165, 1.54) is 18.4 Å². The fourth-order valence-corrected chi connectivity index (χ4v) is 4.20. The van der Waals surface area contributed by atoms with Crippen molar-refractivity contribution >= 4 is 5.91 Å². The predicted octanol–water partition coefficient (Wildman–Crippen LogP) is 2.68. The average molecular weight is 330 g/mol. The number of piperidine rings is 1. The van der Waals surface area contributed by atoms with Gasteiger partial charge >= 0.3 is 0 Å². The van der Waals surface area contributed by atoms with E-state index < -0.39 is 0 Å². The minimum Gasteiger partial charge on any atom is -0.365 e. The van der Waals surface area contributed by atoms with E-state index in [0.717, 1.165) is 50.4 Å². The van der Waals surface area contributed by atoms with Gasteiger partial charge in [0.1, 0.15) is 11.9 Å². The molecule has 3 aliphatic rings. The highest BCUT2D eigenvalue weighted by Gasteiger charge is 2.41. The zero-order chi connectivity index (χ0) is 16.5. The quantitative estimate of drug-likeness (QED) is 0.865. The molecule has 1 amide bonds. The molecule has 0 unspecified atom stereocenters. The number of hydrogen-bond acceptors (Lipinski definition) is 4. The molecule has 3 atom stereocenters. The molecule has 2 aliphatic heterocycles. The second-order valence-corrected chi connectivity index (χ2v) is 7.35. The fourth-order valence-electron chi connectivity index (χ4n) is 4.20. The number of ether oxygens (including phenoxy) is 1. The van der Waals surface area contributed by atoms with Crippen LogP contribution in [0.5, 0.6) is 0 Å². The van der Waals surface area contributed by atoms with Gasteiger partial charge in [-0.15, -0.1) is 0 Å². The largest absolute Gasteiger partial charge is 0.365 e. The minimum absolute atomic E-state index is 0.0268. The van der Waals surface area contributed by atoms with Crippen molar-refractivity contribution in [2.24, 2.45) is 5.92 Å². The molecule has 0 radical (unpaired) electrons. The normalized spacial score (nSPS) is 30.1. The van der Waals surface area contributed by atoms with Gasteiger partial charge in [0.05, 0.1) is 6.10 Å². The Kier molecular flexibility index (Phi) is 4.39. The van der Waals surface area contributed by atoms with Crippen LogP contribution in [0.15, 0.2) is 11.6 Å². The molecule has 6 nitrogen and oxygen atoms in total. The van der Waals surface area contributed by atoms with Crippen molar-refractivity contribution in [3.8, 4) is 0 Å². The summed E-state index contributed by atoms with van der Waals surface area (Å²) in [6.45, 7) is 3.48. The molecule has 1 N–H and O–H groups in total. The molecule has 1 aromatic rings. The summed E-state index contributed by atoms with van der Waals surface area (Å²) in [6, 6.07) is 0. The average Bonchev–Trinajstić information content (AvgIpc) is 3.20. The lowest BCUT2D eigenvalue weighted by molar-refractivity contribution is -0.135. The van der Waals surface area contributed by atoms with Gasteiger partial charge in [-0.05, 0) is 51.4 Å². The van der Waals surface area contributed by atoms with Gasteiger partial charge in [-0.2, -0.15) is 5.10 Å². The summed E-state index contributed by atoms with van der Waals surface area (Å²) in [7, 11) is 0. The Hall–Kier alpha value is -1.69. The summed E-state index contributed by atoms with van der Waals surface area (Å²) in [5.74, 6) is 2.36. The second kappa shape index (κ2) is 6.67. The molecule has 0 bridgehead atoms. The number of fused-ring (bicyclic) bond motifs is 1. The van der Waals surface area contributed by atoms with Gasteiger partial charge in [0, 0.05) is 19.5 Å². The van der Waals surface area contributed by atoms with Crippen LogP contribution < -0.4 is 0 Å². The lowest BCUT2D eigenvalue weighted by Crippen LogP contribution is -2.45. The zero-order valence-corrected chi connectivity index (χ0v) is 14.3.